The van der Waals surface area contributed by atoms with E-state index in [1.54, 1.807) is 0 Å². The smallest absolute Gasteiger partial charge is 0.413 e. The van der Waals surface area contributed by atoms with Crippen LogP contribution in [0.2, 0.25) is 0 Å². The molecule has 0 saturated carbocycles. The highest BCUT2D eigenvalue weighted by Crippen LogP contribution is 2.03. The molecule has 7 heteroatoms. The number of nitrogens with two attached hydrogens (primary N) is 1. The van der Waals surface area contributed by atoms with Gasteiger partial charge in [0.2, 0.25) is 5.91 Å². The van der Waals surface area contributed by atoms with Crippen LogP contribution in [0.1, 0.15) is 0 Å². The summed E-state index contributed by atoms with van der Waals surface area (Å²) < 4.78 is 9.67. The molecule has 3 N–H and O–H groups in total. The fourth-order valence-electron chi connectivity index (χ4n) is 1.47. The number of nitrogens with zero attached hydrogens (tertiary/aromatic N) is 1. The minimum absolute atomic E-state index is 0.0420. The van der Waals surface area contributed by atoms with E-state index >= 15 is 0 Å². The van der Waals surface area contributed by atoms with Crippen molar-refractivity contribution >= 4 is 12.0 Å². The molecule has 1 atom stereocenters. The van der Waals surface area contributed by atoms with Crippen molar-refractivity contribution in [3.8, 4) is 0 Å². The molecule has 16 heavy (non-hydrogen) atoms. The summed E-state index contributed by atoms with van der Waals surface area (Å²) in [4.78, 5) is 24.0. The summed E-state index contributed by atoms with van der Waals surface area (Å²) in [5.74, 6) is -0.385. The summed E-state index contributed by atoms with van der Waals surface area (Å²) in [5.41, 5.74) is 5.47. The lowest BCUT2D eigenvalue weighted by Crippen LogP contribution is -2.49. The molecule has 1 saturated heterocycles. The third-order valence-electron chi connectivity index (χ3n) is 2.28. The zero-order valence-corrected chi connectivity index (χ0v) is 9.27. The predicted molar refractivity (Wildman–Crippen MR) is 55.8 cm³/mol. The van der Waals surface area contributed by atoms with Gasteiger partial charge in [0.1, 0.15) is 0 Å². The third kappa shape index (κ3) is 4.13. The van der Waals surface area contributed by atoms with Gasteiger partial charge in [-0.3, -0.25) is 15.0 Å². The number of hydrogen-bond acceptors (Lipinski definition) is 6. The zero-order chi connectivity index (χ0) is 12.0. The van der Waals surface area contributed by atoms with Crippen LogP contribution >= 0.6 is 0 Å². The Morgan fingerprint density at radius 3 is 3.00 bits per heavy atom. The number of ether oxygens (including phenoxy) is 2. The van der Waals surface area contributed by atoms with Gasteiger partial charge in [-0.2, -0.15) is 0 Å². The van der Waals surface area contributed by atoms with Crippen LogP contribution in [-0.2, 0) is 14.3 Å². The average Bonchev–Trinajstić information content (AvgIpc) is 2.28. The summed E-state index contributed by atoms with van der Waals surface area (Å²) in [6, 6.07) is 0. The molecule has 1 rings (SSSR count). The number of morpholine rings is 1. The van der Waals surface area contributed by atoms with E-state index in [0.717, 1.165) is 0 Å². The van der Waals surface area contributed by atoms with Gasteiger partial charge < -0.3 is 15.2 Å². The van der Waals surface area contributed by atoms with E-state index < -0.39 is 6.09 Å². The molecule has 0 aromatic carbocycles. The first-order chi connectivity index (χ1) is 7.65. The van der Waals surface area contributed by atoms with Crippen molar-refractivity contribution in [1.29, 1.82) is 0 Å². The normalized spacial score (nSPS) is 21.5. The molecule has 1 heterocycles. The molecule has 0 aromatic rings. The molecule has 0 radical (unpaired) electrons. The fourth-order valence-corrected chi connectivity index (χ4v) is 1.47. The van der Waals surface area contributed by atoms with Crippen molar-refractivity contribution in [3.05, 3.63) is 0 Å². The highest BCUT2D eigenvalue weighted by atomic mass is 16.5. The van der Waals surface area contributed by atoms with Gasteiger partial charge >= 0.3 is 6.09 Å². The van der Waals surface area contributed by atoms with Crippen LogP contribution in [-0.4, -0.2) is 62.9 Å². The Hall–Kier alpha value is -1.18. The first-order valence-electron chi connectivity index (χ1n) is 5.07. The lowest BCUT2D eigenvalue weighted by atomic mass is 10.2. The molecule has 92 valence electrons. The lowest BCUT2D eigenvalue weighted by Gasteiger charge is -2.31. The van der Waals surface area contributed by atoms with Crippen molar-refractivity contribution in [2.24, 2.45) is 5.73 Å². The van der Waals surface area contributed by atoms with Crippen molar-refractivity contribution < 1.29 is 19.1 Å². The maximum Gasteiger partial charge on any atom is 0.413 e. The van der Waals surface area contributed by atoms with Crippen molar-refractivity contribution in [2.75, 3.05) is 39.9 Å². The topological polar surface area (TPSA) is 93.9 Å². The maximum atomic E-state index is 11.3. The number of carbonyl (C=O) groups excluding carboxylic acids is 2. The molecular formula is C9H17N3O4. The number of rotatable bonds is 3. The van der Waals surface area contributed by atoms with Crippen LogP contribution < -0.4 is 11.1 Å². The molecule has 0 aliphatic carbocycles. The van der Waals surface area contributed by atoms with E-state index in [0.29, 0.717) is 26.2 Å². The quantitative estimate of drug-likeness (QED) is 0.616. The number of imide groups is 1. The summed E-state index contributed by atoms with van der Waals surface area (Å²) in [6.45, 7) is 2.38. The molecule has 0 aromatic heterocycles. The number of carbonyl (C=O) groups is 2. The molecule has 1 aliphatic rings. The van der Waals surface area contributed by atoms with Gasteiger partial charge in [0, 0.05) is 19.6 Å². The molecule has 1 fully saturated rings. The van der Waals surface area contributed by atoms with Crippen LogP contribution in [0.3, 0.4) is 0 Å². The van der Waals surface area contributed by atoms with Gasteiger partial charge in [0.05, 0.1) is 26.4 Å². The summed E-state index contributed by atoms with van der Waals surface area (Å²) >= 11 is 0. The standard InChI is InChI=1S/C9H17N3O4/c1-15-9(14)11-8(13)6-12-2-3-16-7(4-10)5-12/h7H,2-6,10H2,1H3,(H,11,13,14). The van der Waals surface area contributed by atoms with Crippen LogP contribution in [0.4, 0.5) is 4.79 Å². The Morgan fingerprint density at radius 1 is 1.62 bits per heavy atom. The van der Waals surface area contributed by atoms with Crippen LogP contribution in [0.5, 0.6) is 0 Å². The fraction of sp³-hybridized carbons (Fsp3) is 0.778. The molecule has 0 spiro atoms. The van der Waals surface area contributed by atoms with E-state index in [4.69, 9.17) is 10.5 Å². The number of amides is 2. The zero-order valence-electron chi connectivity index (χ0n) is 9.27. The Balaban J connectivity index is 2.30. The first-order valence-corrected chi connectivity index (χ1v) is 5.07. The first kappa shape index (κ1) is 12.9. The third-order valence-corrected chi connectivity index (χ3v) is 2.28. The van der Waals surface area contributed by atoms with Crippen LogP contribution in [0.25, 0.3) is 0 Å². The van der Waals surface area contributed by atoms with Crippen LogP contribution in [0, 0.1) is 0 Å². The minimum Gasteiger partial charge on any atom is -0.453 e. The molecular weight excluding hydrogens is 214 g/mol. The summed E-state index contributed by atoms with van der Waals surface area (Å²) in [5, 5.41) is 2.10. The van der Waals surface area contributed by atoms with Gasteiger partial charge in [-0.1, -0.05) is 0 Å². The average molecular weight is 231 g/mol. The molecule has 1 aliphatic heterocycles. The summed E-state index contributed by atoms with van der Waals surface area (Å²) in [7, 11) is 1.21. The number of methoxy groups -OCH3 is 1. The lowest BCUT2D eigenvalue weighted by molar-refractivity contribution is -0.123. The monoisotopic (exact) mass is 231 g/mol. The largest absolute Gasteiger partial charge is 0.453 e. The van der Waals surface area contributed by atoms with Gasteiger partial charge in [0.25, 0.3) is 0 Å². The van der Waals surface area contributed by atoms with Crippen molar-refractivity contribution in [2.45, 2.75) is 6.10 Å². The Labute approximate surface area is 93.9 Å². The van der Waals surface area contributed by atoms with E-state index in [-0.39, 0.29) is 18.6 Å². The van der Waals surface area contributed by atoms with Gasteiger partial charge in [0.15, 0.2) is 0 Å². The Kier molecular flexibility index (Phi) is 5.17. The van der Waals surface area contributed by atoms with E-state index in [9.17, 15) is 9.59 Å². The van der Waals surface area contributed by atoms with E-state index in [2.05, 4.69) is 10.1 Å². The Morgan fingerprint density at radius 2 is 2.38 bits per heavy atom. The SMILES string of the molecule is COC(=O)NC(=O)CN1CCOC(CN)C1. The number of nitrogens with one attached hydrogen (secondary N) is 1. The highest BCUT2D eigenvalue weighted by Gasteiger charge is 2.21. The molecule has 7 nitrogen and oxygen atoms in total. The Bertz CT molecular complexity index is 259. The second-order valence-corrected chi connectivity index (χ2v) is 3.50. The van der Waals surface area contributed by atoms with E-state index in [1.165, 1.54) is 7.11 Å². The van der Waals surface area contributed by atoms with Crippen LogP contribution in [0.15, 0.2) is 0 Å². The van der Waals surface area contributed by atoms with Gasteiger partial charge in [-0.25, -0.2) is 4.79 Å². The minimum atomic E-state index is -0.742. The van der Waals surface area contributed by atoms with Gasteiger partial charge in [-0.15, -0.1) is 0 Å². The summed E-state index contributed by atoms with van der Waals surface area (Å²) in [6.07, 6.45) is -0.784. The highest BCUT2D eigenvalue weighted by molar-refractivity contribution is 5.92. The number of alkyl carbamates (subject to hydrolysis) is 1. The molecule has 1 unspecified atom stereocenters. The van der Waals surface area contributed by atoms with E-state index in [1.807, 2.05) is 4.90 Å². The van der Waals surface area contributed by atoms with Gasteiger partial charge in [-0.05, 0) is 0 Å². The predicted octanol–water partition coefficient (Wildman–Crippen LogP) is -1.47. The second-order valence-electron chi connectivity index (χ2n) is 3.50. The molecule has 2 amide bonds. The van der Waals surface area contributed by atoms with Crippen molar-refractivity contribution in [1.82, 2.24) is 10.2 Å². The number of hydrogen-bond donors (Lipinski definition) is 2. The van der Waals surface area contributed by atoms with Crippen molar-refractivity contribution in [3.63, 3.8) is 0 Å². The maximum absolute atomic E-state index is 11.3. The second kappa shape index (κ2) is 6.41. The molecule has 0 bridgehead atoms.